The van der Waals surface area contributed by atoms with Crippen molar-refractivity contribution in [2.24, 2.45) is 4.99 Å². The topological polar surface area (TPSA) is 76.0 Å². The van der Waals surface area contributed by atoms with Crippen LogP contribution in [0.4, 0.5) is 0 Å². The van der Waals surface area contributed by atoms with Crippen molar-refractivity contribution in [3.8, 4) is 5.75 Å². The minimum absolute atomic E-state index is 0.0885. The third kappa shape index (κ3) is 4.82. The number of thioether (sulfide) groups is 1. The summed E-state index contributed by atoms with van der Waals surface area (Å²) in [5, 5.41) is 1.11. The molecule has 4 rings (SSSR count). The number of benzene rings is 2. The van der Waals surface area contributed by atoms with E-state index in [0.29, 0.717) is 16.7 Å². The number of amidine groups is 1. The molecule has 0 bridgehead atoms. The average Bonchev–Trinajstić information content (AvgIpc) is 3.16. The number of rotatable bonds is 5. The third-order valence-electron chi connectivity index (χ3n) is 5.18. The maximum atomic E-state index is 12.6. The molecule has 0 N–H and O–H groups in total. The number of carbonyl (C=O) groups is 1. The molecule has 0 radical (unpaired) electrons. The molecule has 0 saturated carbocycles. The molecular weight excluding hydrogens is 444 g/mol. The van der Waals surface area contributed by atoms with Gasteiger partial charge in [-0.15, -0.1) is 0 Å². The van der Waals surface area contributed by atoms with Gasteiger partial charge in [0.1, 0.15) is 5.75 Å². The van der Waals surface area contributed by atoms with Gasteiger partial charge in [-0.2, -0.15) is 4.99 Å². The van der Waals surface area contributed by atoms with E-state index < -0.39 is 9.84 Å². The van der Waals surface area contributed by atoms with E-state index in [1.807, 2.05) is 29.2 Å². The van der Waals surface area contributed by atoms with E-state index in [9.17, 15) is 13.2 Å². The molecule has 2 aromatic carbocycles. The molecule has 2 heterocycles. The van der Waals surface area contributed by atoms with Gasteiger partial charge in [0.25, 0.3) is 5.91 Å². The largest absolute Gasteiger partial charge is 0.497 e. The smallest absolute Gasteiger partial charge is 0.252 e. The molecule has 1 amide bonds. The van der Waals surface area contributed by atoms with Gasteiger partial charge in [-0.3, -0.25) is 4.79 Å². The lowest BCUT2D eigenvalue weighted by Crippen LogP contribution is -2.37. The fourth-order valence-electron chi connectivity index (χ4n) is 3.67. The highest BCUT2D eigenvalue weighted by atomic mass is 35.5. The standard InChI is InChI=1S/C21H21ClN2O4S2/c1-28-17-8-4-15(5-9-17)11-24-18-12-30(26,27)13-19(18)29-21(24)23-20(25)10-14-2-6-16(22)7-3-14/h2-9,18-19H,10-13H2,1H3. The second kappa shape index (κ2) is 8.61. The average molecular weight is 465 g/mol. The van der Waals surface area contributed by atoms with Crippen molar-refractivity contribution in [2.75, 3.05) is 18.6 Å². The highest BCUT2D eigenvalue weighted by molar-refractivity contribution is 8.15. The van der Waals surface area contributed by atoms with Crippen LogP contribution >= 0.6 is 23.4 Å². The molecule has 9 heteroatoms. The van der Waals surface area contributed by atoms with Crippen molar-refractivity contribution in [3.05, 3.63) is 64.7 Å². The van der Waals surface area contributed by atoms with E-state index in [-0.39, 0.29) is 35.1 Å². The lowest BCUT2D eigenvalue weighted by Gasteiger charge is -2.24. The Hall–Kier alpha value is -2.03. The van der Waals surface area contributed by atoms with Crippen LogP contribution in [0.2, 0.25) is 5.02 Å². The van der Waals surface area contributed by atoms with Gasteiger partial charge in [0.15, 0.2) is 15.0 Å². The Morgan fingerprint density at radius 2 is 1.80 bits per heavy atom. The molecule has 2 aliphatic rings. The first-order valence-electron chi connectivity index (χ1n) is 9.45. The van der Waals surface area contributed by atoms with Crippen molar-refractivity contribution in [1.29, 1.82) is 0 Å². The summed E-state index contributed by atoms with van der Waals surface area (Å²) < 4.78 is 29.5. The molecular formula is C21H21ClN2O4S2. The normalized spacial score (nSPS) is 23.5. The second-order valence-corrected chi connectivity index (χ2v) is 11.2. The Kier molecular flexibility index (Phi) is 6.09. The fraction of sp³-hybridized carbons (Fsp3) is 0.333. The Balaban J connectivity index is 1.55. The van der Waals surface area contributed by atoms with Gasteiger partial charge in [-0.25, -0.2) is 8.42 Å². The highest BCUT2D eigenvalue weighted by Gasteiger charge is 2.48. The number of ether oxygens (including phenoxy) is 1. The molecule has 158 valence electrons. The van der Waals surface area contributed by atoms with Gasteiger partial charge in [0.2, 0.25) is 0 Å². The summed E-state index contributed by atoms with van der Waals surface area (Å²) in [5.41, 5.74) is 1.83. The van der Waals surface area contributed by atoms with Crippen molar-refractivity contribution >= 4 is 44.3 Å². The van der Waals surface area contributed by atoms with Crippen molar-refractivity contribution in [3.63, 3.8) is 0 Å². The number of hydrogen-bond donors (Lipinski definition) is 0. The second-order valence-electron chi connectivity index (χ2n) is 7.37. The zero-order chi connectivity index (χ0) is 21.3. The predicted octanol–water partition coefficient (Wildman–Crippen LogP) is 3.19. The van der Waals surface area contributed by atoms with Gasteiger partial charge in [0, 0.05) is 16.8 Å². The lowest BCUT2D eigenvalue weighted by molar-refractivity contribution is -0.117. The Labute approximate surface area is 185 Å². The Bertz CT molecular complexity index is 1070. The molecule has 2 unspecified atom stereocenters. The molecule has 2 fully saturated rings. The number of fused-ring (bicyclic) bond motifs is 1. The van der Waals surface area contributed by atoms with Crippen LogP contribution < -0.4 is 4.74 Å². The van der Waals surface area contributed by atoms with E-state index in [4.69, 9.17) is 16.3 Å². The number of carbonyl (C=O) groups excluding carboxylic acids is 1. The van der Waals surface area contributed by atoms with Gasteiger partial charge in [-0.1, -0.05) is 47.6 Å². The van der Waals surface area contributed by atoms with E-state index in [1.54, 1.807) is 31.4 Å². The van der Waals surface area contributed by atoms with Crippen LogP contribution in [0.3, 0.4) is 0 Å². The predicted molar refractivity (Wildman–Crippen MR) is 120 cm³/mol. The summed E-state index contributed by atoms with van der Waals surface area (Å²) in [4.78, 5) is 18.9. The van der Waals surface area contributed by atoms with Crippen molar-refractivity contribution in [2.45, 2.75) is 24.3 Å². The van der Waals surface area contributed by atoms with Crippen LogP contribution in [0.15, 0.2) is 53.5 Å². The summed E-state index contributed by atoms with van der Waals surface area (Å²) in [6, 6.07) is 14.5. The van der Waals surface area contributed by atoms with Crippen LogP contribution in [0.1, 0.15) is 11.1 Å². The molecule has 6 nitrogen and oxygen atoms in total. The molecule has 2 saturated heterocycles. The zero-order valence-corrected chi connectivity index (χ0v) is 18.7. The number of methoxy groups -OCH3 is 1. The summed E-state index contributed by atoms with van der Waals surface area (Å²) >= 11 is 7.29. The number of hydrogen-bond acceptors (Lipinski definition) is 5. The van der Waals surface area contributed by atoms with Crippen LogP contribution in [0.5, 0.6) is 5.75 Å². The Morgan fingerprint density at radius 3 is 2.47 bits per heavy atom. The first-order valence-corrected chi connectivity index (χ1v) is 12.5. The molecule has 2 aliphatic heterocycles. The molecule has 30 heavy (non-hydrogen) atoms. The quantitative estimate of drug-likeness (QED) is 0.676. The number of aliphatic imine (C=N–C) groups is 1. The maximum absolute atomic E-state index is 12.6. The fourth-order valence-corrected chi connectivity index (χ4v) is 7.77. The minimum atomic E-state index is -3.08. The maximum Gasteiger partial charge on any atom is 0.252 e. The summed E-state index contributed by atoms with van der Waals surface area (Å²) in [7, 11) is -1.47. The van der Waals surface area contributed by atoms with Crippen LogP contribution in [-0.2, 0) is 27.6 Å². The molecule has 0 aromatic heterocycles. The summed E-state index contributed by atoms with van der Waals surface area (Å²) in [6.45, 7) is 0.487. The number of sulfone groups is 1. The summed E-state index contributed by atoms with van der Waals surface area (Å²) in [6.07, 6.45) is 0.172. The van der Waals surface area contributed by atoms with E-state index in [0.717, 1.165) is 16.9 Å². The van der Waals surface area contributed by atoms with Crippen LogP contribution in [0.25, 0.3) is 0 Å². The Morgan fingerprint density at radius 1 is 1.13 bits per heavy atom. The SMILES string of the molecule is COc1ccc(CN2C(=NC(=O)Cc3ccc(Cl)cc3)SC3CS(=O)(=O)CC32)cc1. The zero-order valence-electron chi connectivity index (χ0n) is 16.3. The van der Waals surface area contributed by atoms with Crippen molar-refractivity contribution in [1.82, 2.24) is 4.90 Å². The number of halogens is 1. The first kappa shape index (κ1) is 21.2. The first-order chi connectivity index (χ1) is 14.3. The monoisotopic (exact) mass is 464 g/mol. The van der Waals surface area contributed by atoms with Gasteiger partial charge in [0.05, 0.1) is 31.1 Å². The molecule has 2 atom stereocenters. The molecule has 2 aromatic rings. The van der Waals surface area contributed by atoms with Crippen LogP contribution in [-0.4, -0.2) is 54.3 Å². The lowest BCUT2D eigenvalue weighted by atomic mass is 10.1. The van der Waals surface area contributed by atoms with E-state index in [1.165, 1.54) is 11.8 Å². The minimum Gasteiger partial charge on any atom is -0.497 e. The number of amides is 1. The third-order valence-corrected chi connectivity index (χ3v) is 8.68. The van der Waals surface area contributed by atoms with E-state index in [2.05, 4.69) is 4.99 Å². The van der Waals surface area contributed by atoms with Crippen molar-refractivity contribution < 1.29 is 17.9 Å². The van der Waals surface area contributed by atoms with Gasteiger partial charge in [-0.05, 0) is 35.4 Å². The highest BCUT2D eigenvalue weighted by Crippen LogP contribution is 2.39. The molecule has 0 aliphatic carbocycles. The van der Waals surface area contributed by atoms with Gasteiger partial charge < -0.3 is 9.64 Å². The summed E-state index contributed by atoms with van der Waals surface area (Å²) in [5.74, 6) is 0.696. The van der Waals surface area contributed by atoms with E-state index >= 15 is 0 Å². The van der Waals surface area contributed by atoms with Crippen LogP contribution in [0, 0.1) is 0 Å². The molecule has 0 spiro atoms. The van der Waals surface area contributed by atoms with Gasteiger partial charge >= 0.3 is 0 Å². The number of nitrogens with zero attached hydrogens (tertiary/aromatic N) is 2.